The fraction of sp³-hybridized carbons (Fsp3) is 0.0541. The van der Waals surface area contributed by atoms with Crippen molar-refractivity contribution in [3.63, 3.8) is 0 Å². The van der Waals surface area contributed by atoms with Gasteiger partial charge in [0.1, 0.15) is 0 Å². The summed E-state index contributed by atoms with van der Waals surface area (Å²) in [5.41, 5.74) is 11.8. The van der Waals surface area contributed by atoms with Gasteiger partial charge in [0.25, 0.3) is 0 Å². The third-order valence-corrected chi connectivity index (χ3v) is 7.83. The van der Waals surface area contributed by atoms with E-state index in [1.807, 2.05) is 12.3 Å². The number of aromatic nitrogens is 1. The van der Waals surface area contributed by atoms with E-state index in [9.17, 15) is 0 Å². The monoisotopic (exact) mass is 500 g/mol. The summed E-state index contributed by atoms with van der Waals surface area (Å²) in [6, 6.07) is 39.3. The van der Waals surface area contributed by atoms with E-state index in [-0.39, 0.29) is 0 Å². The van der Waals surface area contributed by atoms with Gasteiger partial charge in [0, 0.05) is 23.8 Å². The summed E-state index contributed by atoms with van der Waals surface area (Å²) in [4.78, 5) is 4.26. The molecule has 0 bridgehead atoms. The Hall–Kier alpha value is -4.95. The van der Waals surface area contributed by atoms with Crippen LogP contribution in [-0.4, -0.2) is 4.98 Å². The van der Waals surface area contributed by atoms with Crippen molar-refractivity contribution in [2.24, 2.45) is 0 Å². The number of nitrogens with one attached hydrogen (secondary N) is 1. The number of allylic oxidation sites excluding steroid dienone is 6. The molecule has 186 valence electrons. The van der Waals surface area contributed by atoms with Gasteiger partial charge in [0.2, 0.25) is 0 Å². The van der Waals surface area contributed by atoms with Gasteiger partial charge in [0.05, 0.1) is 5.41 Å². The molecular formula is C37H28N2. The zero-order valence-corrected chi connectivity index (χ0v) is 21.6. The van der Waals surface area contributed by atoms with Gasteiger partial charge in [-0.2, -0.15) is 0 Å². The van der Waals surface area contributed by atoms with Gasteiger partial charge in [-0.15, -0.1) is 0 Å². The molecule has 7 rings (SSSR count). The molecule has 0 aliphatic heterocycles. The van der Waals surface area contributed by atoms with Crippen molar-refractivity contribution in [2.75, 3.05) is 5.32 Å². The maximum atomic E-state index is 4.26. The van der Waals surface area contributed by atoms with Crippen LogP contribution in [0.25, 0.3) is 22.3 Å². The van der Waals surface area contributed by atoms with E-state index < -0.39 is 5.41 Å². The van der Waals surface area contributed by atoms with E-state index in [1.54, 1.807) is 6.20 Å². The first-order valence-corrected chi connectivity index (χ1v) is 13.5. The number of benzene rings is 4. The Kier molecular flexibility index (Phi) is 5.79. The first kappa shape index (κ1) is 23.2. The van der Waals surface area contributed by atoms with Crippen molar-refractivity contribution in [1.82, 2.24) is 4.98 Å². The van der Waals surface area contributed by atoms with Crippen LogP contribution in [0, 0.1) is 0 Å². The van der Waals surface area contributed by atoms with Gasteiger partial charge in [-0.3, -0.25) is 4.98 Å². The van der Waals surface area contributed by atoms with Crippen LogP contribution in [0.4, 0.5) is 11.4 Å². The summed E-state index contributed by atoms with van der Waals surface area (Å²) in [6.45, 7) is 0. The molecule has 0 fully saturated rings. The van der Waals surface area contributed by atoms with Crippen molar-refractivity contribution in [1.29, 1.82) is 0 Å². The highest BCUT2D eigenvalue weighted by Gasteiger charge is 2.46. The number of fused-ring (bicyclic) bond motifs is 3. The minimum atomic E-state index is -0.403. The van der Waals surface area contributed by atoms with Gasteiger partial charge in [0.15, 0.2) is 0 Å². The summed E-state index contributed by atoms with van der Waals surface area (Å²) in [5, 5.41) is 3.68. The lowest BCUT2D eigenvalue weighted by atomic mass is 9.67. The second-order valence-corrected chi connectivity index (χ2v) is 10.1. The molecule has 2 nitrogen and oxygen atoms in total. The first-order chi connectivity index (χ1) is 19.3. The highest BCUT2D eigenvalue weighted by Crippen LogP contribution is 2.57. The molecule has 2 aliphatic carbocycles. The van der Waals surface area contributed by atoms with Crippen LogP contribution in [0.1, 0.15) is 23.1 Å². The zero-order valence-electron chi connectivity index (χ0n) is 21.6. The van der Waals surface area contributed by atoms with Gasteiger partial charge < -0.3 is 5.32 Å². The van der Waals surface area contributed by atoms with Crippen LogP contribution in [0.5, 0.6) is 0 Å². The lowest BCUT2D eigenvalue weighted by Crippen LogP contribution is -2.29. The third kappa shape index (κ3) is 3.93. The topological polar surface area (TPSA) is 24.9 Å². The molecule has 1 unspecified atom stereocenters. The normalized spacial score (nSPS) is 17.2. The third-order valence-electron chi connectivity index (χ3n) is 7.83. The van der Waals surface area contributed by atoms with Crippen molar-refractivity contribution in [3.05, 3.63) is 174 Å². The van der Waals surface area contributed by atoms with Crippen LogP contribution in [0.3, 0.4) is 0 Å². The SMILES string of the molecule is C1=CCC=CC(C2(c3ccccc3)c3ccccc3-c3ccc(Nc4ccc(-c5cccnc5)cc4)cc32)=C1. The van der Waals surface area contributed by atoms with Crippen molar-refractivity contribution >= 4 is 11.4 Å². The van der Waals surface area contributed by atoms with Crippen molar-refractivity contribution < 1.29 is 0 Å². The molecule has 5 aromatic rings. The molecule has 1 atom stereocenters. The van der Waals surface area contributed by atoms with Crippen LogP contribution in [-0.2, 0) is 5.41 Å². The van der Waals surface area contributed by atoms with Gasteiger partial charge in [-0.1, -0.05) is 109 Å². The smallest absolute Gasteiger partial charge is 0.0714 e. The summed E-state index contributed by atoms with van der Waals surface area (Å²) in [5.74, 6) is 0. The Labute approximate surface area is 229 Å². The van der Waals surface area contributed by atoms with E-state index >= 15 is 0 Å². The highest BCUT2D eigenvalue weighted by molar-refractivity contribution is 5.88. The second kappa shape index (κ2) is 9.74. The Morgan fingerprint density at radius 2 is 1.44 bits per heavy atom. The fourth-order valence-electron chi connectivity index (χ4n) is 6.11. The Morgan fingerprint density at radius 3 is 2.28 bits per heavy atom. The van der Waals surface area contributed by atoms with Gasteiger partial charge >= 0.3 is 0 Å². The van der Waals surface area contributed by atoms with E-state index in [1.165, 1.54) is 33.4 Å². The Bertz CT molecular complexity index is 1730. The molecule has 0 radical (unpaired) electrons. The second-order valence-electron chi connectivity index (χ2n) is 10.1. The van der Waals surface area contributed by atoms with Crippen LogP contribution in [0.2, 0.25) is 0 Å². The Balaban J connectivity index is 1.37. The van der Waals surface area contributed by atoms with Gasteiger partial charge in [-0.25, -0.2) is 0 Å². The average Bonchev–Trinajstić information content (AvgIpc) is 3.12. The van der Waals surface area contributed by atoms with Crippen LogP contribution >= 0.6 is 0 Å². The van der Waals surface area contributed by atoms with Crippen LogP contribution < -0.4 is 5.32 Å². The molecule has 1 aromatic heterocycles. The molecule has 0 saturated heterocycles. The van der Waals surface area contributed by atoms with Crippen LogP contribution in [0.15, 0.2) is 158 Å². The zero-order chi connectivity index (χ0) is 26.1. The number of rotatable bonds is 5. The average molecular weight is 501 g/mol. The molecule has 1 N–H and O–H groups in total. The van der Waals surface area contributed by atoms with E-state index in [0.29, 0.717) is 0 Å². The molecular weight excluding hydrogens is 472 g/mol. The lowest BCUT2D eigenvalue weighted by Gasteiger charge is -2.34. The number of nitrogens with zero attached hydrogens (tertiary/aromatic N) is 1. The minimum absolute atomic E-state index is 0.403. The molecule has 1 heterocycles. The van der Waals surface area contributed by atoms with Crippen molar-refractivity contribution in [3.8, 4) is 22.3 Å². The summed E-state index contributed by atoms with van der Waals surface area (Å²) in [6.07, 6.45) is 15.9. The van der Waals surface area contributed by atoms with E-state index in [2.05, 4.69) is 144 Å². The predicted octanol–water partition coefficient (Wildman–Crippen LogP) is 9.25. The molecule has 2 heteroatoms. The largest absolute Gasteiger partial charge is 0.356 e. The fourth-order valence-corrected chi connectivity index (χ4v) is 6.11. The highest BCUT2D eigenvalue weighted by atomic mass is 14.9. The van der Waals surface area contributed by atoms with Crippen molar-refractivity contribution in [2.45, 2.75) is 11.8 Å². The molecule has 0 spiro atoms. The quantitative estimate of drug-likeness (QED) is 0.260. The number of hydrogen-bond donors (Lipinski definition) is 1. The summed E-state index contributed by atoms with van der Waals surface area (Å²) >= 11 is 0. The molecule has 4 aromatic carbocycles. The number of anilines is 2. The molecule has 2 aliphatic rings. The number of pyridine rings is 1. The predicted molar refractivity (Wildman–Crippen MR) is 162 cm³/mol. The van der Waals surface area contributed by atoms with Gasteiger partial charge in [-0.05, 0) is 81.3 Å². The minimum Gasteiger partial charge on any atom is -0.356 e. The number of hydrogen-bond acceptors (Lipinski definition) is 2. The lowest BCUT2D eigenvalue weighted by molar-refractivity contribution is 0.767. The van der Waals surface area contributed by atoms with E-state index in [4.69, 9.17) is 0 Å². The molecule has 0 saturated carbocycles. The molecule has 39 heavy (non-hydrogen) atoms. The molecule has 0 amide bonds. The maximum Gasteiger partial charge on any atom is 0.0714 e. The van der Waals surface area contributed by atoms with E-state index in [0.717, 1.165) is 28.9 Å². The standard InChI is InChI=1S/C37H28N2/c1-2-5-13-29(12-4-1)37(30-14-6-3-7-15-30)35-17-9-8-16-33(35)34-23-22-32(25-36(34)37)39-31-20-18-27(19-21-31)28-11-10-24-38-26-28/h1,3-26,39H,2H2. The Morgan fingerprint density at radius 1 is 0.641 bits per heavy atom. The summed E-state index contributed by atoms with van der Waals surface area (Å²) < 4.78 is 0. The summed E-state index contributed by atoms with van der Waals surface area (Å²) in [7, 11) is 0. The maximum absolute atomic E-state index is 4.26. The first-order valence-electron chi connectivity index (χ1n) is 13.5.